The van der Waals surface area contributed by atoms with E-state index in [1.165, 1.54) is 31.3 Å². The number of carbonyl (C=O) groups is 2. The second-order valence-electron chi connectivity index (χ2n) is 7.58. The Balaban J connectivity index is 1.57. The molecule has 1 fully saturated rings. The van der Waals surface area contributed by atoms with Crippen molar-refractivity contribution in [3.05, 3.63) is 65.2 Å². The Kier molecular flexibility index (Phi) is 7.09. The van der Waals surface area contributed by atoms with Gasteiger partial charge in [-0.15, -0.1) is 0 Å². The van der Waals surface area contributed by atoms with Crippen LogP contribution in [0.25, 0.3) is 0 Å². The molecule has 0 radical (unpaired) electrons. The lowest BCUT2D eigenvalue weighted by Gasteiger charge is -2.35. The second kappa shape index (κ2) is 9.59. The molecule has 0 aromatic heterocycles. The maximum Gasteiger partial charge on any atom is 0.254 e. The van der Waals surface area contributed by atoms with Crippen LogP contribution in [0.3, 0.4) is 0 Å². The summed E-state index contributed by atoms with van der Waals surface area (Å²) >= 11 is 0. The monoisotopic (exact) mass is 445 g/mol. The molecule has 1 aliphatic heterocycles. The van der Waals surface area contributed by atoms with E-state index in [1.807, 2.05) is 26.0 Å². The fourth-order valence-electron chi connectivity index (χ4n) is 3.48. The lowest BCUT2D eigenvalue weighted by atomic mass is 10.1. The minimum Gasteiger partial charge on any atom is -0.372 e. The fraction of sp³-hybridized carbons (Fsp3) is 0.364. The van der Waals surface area contributed by atoms with Crippen LogP contribution in [-0.2, 0) is 21.3 Å². The quantitative estimate of drug-likeness (QED) is 0.705. The molecule has 3 rings (SSSR count). The largest absolute Gasteiger partial charge is 0.372 e. The number of benzene rings is 2. The summed E-state index contributed by atoms with van der Waals surface area (Å²) in [4.78, 5) is 27.0. The Morgan fingerprint density at radius 3 is 2.06 bits per heavy atom. The van der Waals surface area contributed by atoms with E-state index in [0.29, 0.717) is 24.2 Å². The number of morpholine rings is 1. The predicted octanol–water partition coefficient (Wildman–Crippen LogP) is 1.77. The summed E-state index contributed by atoms with van der Waals surface area (Å²) in [6.45, 7) is 5.32. The van der Waals surface area contributed by atoms with Crippen LogP contribution in [0.1, 0.15) is 40.1 Å². The molecule has 0 bridgehead atoms. The third kappa shape index (κ3) is 5.69. The number of rotatable bonds is 6. The van der Waals surface area contributed by atoms with Gasteiger partial charge in [0.15, 0.2) is 0 Å². The number of hydrogen-bond donors (Lipinski definition) is 2. The van der Waals surface area contributed by atoms with Crippen LogP contribution in [0.2, 0.25) is 0 Å². The summed E-state index contributed by atoms with van der Waals surface area (Å²) in [6.07, 6.45) is 0.0178. The zero-order chi connectivity index (χ0) is 22.6. The van der Waals surface area contributed by atoms with Gasteiger partial charge in [0.2, 0.25) is 10.0 Å². The summed E-state index contributed by atoms with van der Waals surface area (Å²) in [5, 5.41) is 2.80. The number of sulfonamides is 1. The van der Waals surface area contributed by atoms with Gasteiger partial charge in [-0.1, -0.05) is 12.1 Å². The highest BCUT2D eigenvalue weighted by molar-refractivity contribution is 7.89. The van der Waals surface area contributed by atoms with Crippen molar-refractivity contribution in [1.82, 2.24) is 14.9 Å². The van der Waals surface area contributed by atoms with Gasteiger partial charge in [0.1, 0.15) is 0 Å². The van der Waals surface area contributed by atoms with Gasteiger partial charge < -0.3 is 15.0 Å². The lowest BCUT2D eigenvalue weighted by Crippen LogP contribution is -2.48. The van der Waals surface area contributed by atoms with Crippen molar-refractivity contribution in [2.24, 2.45) is 0 Å². The van der Waals surface area contributed by atoms with E-state index in [9.17, 15) is 18.0 Å². The van der Waals surface area contributed by atoms with Gasteiger partial charge in [0, 0.05) is 30.8 Å². The molecule has 2 amide bonds. The Morgan fingerprint density at radius 1 is 0.968 bits per heavy atom. The third-order valence-electron chi connectivity index (χ3n) is 5.06. The zero-order valence-corrected chi connectivity index (χ0v) is 18.6. The van der Waals surface area contributed by atoms with Crippen LogP contribution < -0.4 is 10.0 Å². The van der Waals surface area contributed by atoms with Crippen molar-refractivity contribution in [1.29, 1.82) is 0 Å². The highest BCUT2D eigenvalue weighted by atomic mass is 32.2. The van der Waals surface area contributed by atoms with E-state index in [-0.39, 0.29) is 35.5 Å². The summed E-state index contributed by atoms with van der Waals surface area (Å²) in [7, 11) is -2.21. The van der Waals surface area contributed by atoms with Gasteiger partial charge in [0.25, 0.3) is 11.8 Å². The van der Waals surface area contributed by atoms with Gasteiger partial charge in [-0.05, 0) is 62.9 Å². The fourth-order valence-corrected chi connectivity index (χ4v) is 4.21. The minimum absolute atomic E-state index is 0.00888. The molecule has 2 aromatic rings. The molecule has 0 aliphatic carbocycles. The van der Waals surface area contributed by atoms with Crippen molar-refractivity contribution < 1.29 is 22.7 Å². The van der Waals surface area contributed by atoms with Gasteiger partial charge in [0.05, 0.1) is 17.1 Å². The van der Waals surface area contributed by atoms with Crippen LogP contribution in [0.5, 0.6) is 0 Å². The van der Waals surface area contributed by atoms with E-state index >= 15 is 0 Å². The smallest absolute Gasteiger partial charge is 0.254 e. The van der Waals surface area contributed by atoms with Gasteiger partial charge in [-0.2, -0.15) is 0 Å². The van der Waals surface area contributed by atoms with Gasteiger partial charge >= 0.3 is 0 Å². The van der Waals surface area contributed by atoms with Gasteiger partial charge in [-0.3, -0.25) is 9.59 Å². The van der Waals surface area contributed by atoms with Crippen molar-refractivity contribution in [2.45, 2.75) is 37.5 Å². The summed E-state index contributed by atoms with van der Waals surface area (Å²) in [5.74, 6) is -0.348. The van der Waals surface area contributed by atoms with Crippen molar-refractivity contribution in [2.75, 3.05) is 20.1 Å². The average Bonchev–Trinajstić information content (AvgIpc) is 2.76. The van der Waals surface area contributed by atoms with E-state index in [4.69, 9.17) is 4.74 Å². The SMILES string of the molecule is CNS(=O)(=O)c1ccc(C(=O)NCc2ccc(C(=O)N3CC(C)OC(C)C3)cc2)cc1. The first kappa shape index (κ1) is 22.9. The van der Waals surface area contributed by atoms with Crippen molar-refractivity contribution >= 4 is 21.8 Å². The maximum absolute atomic E-state index is 12.7. The second-order valence-corrected chi connectivity index (χ2v) is 9.47. The molecule has 1 heterocycles. The van der Waals surface area contributed by atoms with Crippen molar-refractivity contribution in [3.63, 3.8) is 0 Å². The van der Waals surface area contributed by atoms with Gasteiger partial charge in [-0.25, -0.2) is 13.1 Å². The highest BCUT2D eigenvalue weighted by Crippen LogP contribution is 2.15. The standard InChI is InChI=1S/C22H27N3O5S/c1-15-13-25(14-16(2)30-15)22(27)19-6-4-17(5-7-19)12-24-21(26)18-8-10-20(11-9-18)31(28,29)23-3/h4-11,15-16,23H,12-14H2,1-3H3,(H,24,26). The molecule has 8 nitrogen and oxygen atoms in total. The van der Waals surface area contributed by atoms with Crippen LogP contribution >= 0.6 is 0 Å². The summed E-state index contributed by atoms with van der Waals surface area (Å²) in [6, 6.07) is 12.8. The molecule has 9 heteroatoms. The Hall–Kier alpha value is -2.75. The molecule has 2 atom stereocenters. The lowest BCUT2D eigenvalue weighted by molar-refractivity contribution is -0.0586. The van der Waals surface area contributed by atoms with Crippen LogP contribution in [0.15, 0.2) is 53.4 Å². The number of nitrogens with one attached hydrogen (secondary N) is 2. The molecule has 0 spiro atoms. The molecule has 2 aromatic carbocycles. The van der Waals surface area contributed by atoms with E-state index in [2.05, 4.69) is 10.0 Å². The first-order valence-electron chi connectivity index (χ1n) is 10.0. The van der Waals surface area contributed by atoms with Crippen LogP contribution in [0.4, 0.5) is 0 Å². The number of hydrogen-bond acceptors (Lipinski definition) is 5. The van der Waals surface area contributed by atoms with Crippen LogP contribution in [-0.4, -0.2) is 57.5 Å². The predicted molar refractivity (Wildman–Crippen MR) is 116 cm³/mol. The highest BCUT2D eigenvalue weighted by Gasteiger charge is 2.26. The number of carbonyl (C=O) groups excluding carboxylic acids is 2. The average molecular weight is 446 g/mol. The molecule has 2 N–H and O–H groups in total. The van der Waals surface area contributed by atoms with Crippen LogP contribution in [0, 0.1) is 0 Å². The summed E-state index contributed by atoms with van der Waals surface area (Å²) < 4.78 is 31.4. The maximum atomic E-state index is 12.7. The Bertz CT molecular complexity index is 1030. The zero-order valence-electron chi connectivity index (χ0n) is 17.8. The molecule has 1 aliphatic rings. The number of amides is 2. The number of nitrogens with zero attached hydrogens (tertiary/aromatic N) is 1. The molecular weight excluding hydrogens is 418 g/mol. The molecule has 31 heavy (non-hydrogen) atoms. The Morgan fingerprint density at radius 2 is 1.52 bits per heavy atom. The summed E-state index contributed by atoms with van der Waals surface area (Å²) in [5.41, 5.74) is 1.80. The molecule has 2 unspecified atom stereocenters. The Labute approximate surface area is 182 Å². The molecule has 0 saturated carbocycles. The van der Waals surface area contributed by atoms with E-state index in [1.54, 1.807) is 17.0 Å². The van der Waals surface area contributed by atoms with E-state index in [0.717, 1.165) is 5.56 Å². The third-order valence-corrected chi connectivity index (χ3v) is 6.49. The first-order chi connectivity index (χ1) is 14.7. The topological polar surface area (TPSA) is 105 Å². The normalized spacial score (nSPS) is 19.1. The molecular formula is C22H27N3O5S. The van der Waals surface area contributed by atoms with E-state index < -0.39 is 10.0 Å². The van der Waals surface area contributed by atoms with Crippen molar-refractivity contribution in [3.8, 4) is 0 Å². The number of ether oxygens (including phenoxy) is 1. The molecule has 166 valence electrons. The first-order valence-corrected chi connectivity index (χ1v) is 11.5. The minimum atomic E-state index is -3.54. The molecule has 1 saturated heterocycles.